The van der Waals surface area contributed by atoms with Crippen molar-refractivity contribution < 1.29 is 9.47 Å². The van der Waals surface area contributed by atoms with Gasteiger partial charge in [0, 0.05) is 17.1 Å². The molecule has 1 aliphatic heterocycles. The van der Waals surface area contributed by atoms with Crippen molar-refractivity contribution in [3.05, 3.63) is 22.2 Å². The van der Waals surface area contributed by atoms with Crippen LogP contribution >= 0.6 is 27.7 Å². The maximum absolute atomic E-state index is 5.41. The van der Waals surface area contributed by atoms with E-state index in [-0.39, 0.29) is 0 Å². The summed E-state index contributed by atoms with van der Waals surface area (Å²) in [6, 6.07) is 4.56. The highest BCUT2D eigenvalue weighted by atomic mass is 79.9. The van der Waals surface area contributed by atoms with Crippen molar-refractivity contribution in [2.24, 2.45) is 0 Å². The minimum atomic E-state index is 0.323. The molecular weight excluding hydrogens is 326 g/mol. The summed E-state index contributed by atoms with van der Waals surface area (Å²) in [5.41, 5.74) is 1.21. The zero-order chi connectivity index (χ0) is 13.7. The molecule has 0 saturated carbocycles. The van der Waals surface area contributed by atoms with Gasteiger partial charge in [0.05, 0.1) is 0 Å². The smallest absolute Gasteiger partial charge is 0.231 e. The van der Waals surface area contributed by atoms with Gasteiger partial charge in [-0.2, -0.15) is 11.8 Å². The molecule has 0 saturated heterocycles. The summed E-state index contributed by atoms with van der Waals surface area (Å²) >= 11 is 5.58. The van der Waals surface area contributed by atoms with E-state index in [9.17, 15) is 0 Å². The van der Waals surface area contributed by atoms with Gasteiger partial charge in [-0.25, -0.2) is 0 Å². The number of rotatable bonds is 7. The van der Waals surface area contributed by atoms with Gasteiger partial charge in [0.2, 0.25) is 6.79 Å². The van der Waals surface area contributed by atoms with E-state index in [4.69, 9.17) is 9.47 Å². The summed E-state index contributed by atoms with van der Waals surface area (Å²) in [5.74, 6) is 4.07. The zero-order valence-corrected chi connectivity index (χ0v) is 13.8. The lowest BCUT2D eigenvalue weighted by Crippen LogP contribution is -2.26. The topological polar surface area (TPSA) is 30.5 Å². The van der Waals surface area contributed by atoms with Gasteiger partial charge in [-0.05, 0) is 42.5 Å². The molecule has 106 valence electrons. The Labute approximate surface area is 127 Å². The quantitative estimate of drug-likeness (QED) is 0.761. The normalized spacial score (nSPS) is 14.7. The average molecular weight is 346 g/mol. The van der Waals surface area contributed by atoms with Crippen LogP contribution in [-0.2, 0) is 6.54 Å². The van der Waals surface area contributed by atoms with E-state index in [0.29, 0.717) is 12.8 Å². The number of halogens is 1. The number of fused-ring (bicyclic) bond motifs is 1. The first kappa shape index (κ1) is 15.0. The van der Waals surface area contributed by atoms with Crippen LogP contribution in [0, 0.1) is 0 Å². The minimum absolute atomic E-state index is 0.323. The number of thioether (sulfide) groups is 1. The van der Waals surface area contributed by atoms with Gasteiger partial charge >= 0.3 is 0 Å². The van der Waals surface area contributed by atoms with E-state index in [1.807, 2.05) is 23.9 Å². The number of hydrogen-bond donors (Lipinski definition) is 1. The van der Waals surface area contributed by atoms with E-state index in [2.05, 4.69) is 35.1 Å². The van der Waals surface area contributed by atoms with E-state index in [1.165, 1.54) is 23.5 Å². The molecule has 1 heterocycles. The molecule has 0 spiro atoms. The van der Waals surface area contributed by atoms with Crippen molar-refractivity contribution in [3.63, 3.8) is 0 Å². The standard InChI is InChI=1S/C14H20BrNO2S/c1-3-19-5-4-10(2)16-8-11-6-13-14(7-12(11)15)18-9-17-13/h6-7,10,16H,3-5,8-9H2,1-2H3. The van der Waals surface area contributed by atoms with Gasteiger partial charge in [0.25, 0.3) is 0 Å². The van der Waals surface area contributed by atoms with Crippen molar-refractivity contribution in [1.29, 1.82) is 0 Å². The van der Waals surface area contributed by atoms with Crippen molar-refractivity contribution in [3.8, 4) is 11.5 Å². The molecule has 0 radical (unpaired) electrons. The van der Waals surface area contributed by atoms with Crippen molar-refractivity contribution in [2.45, 2.75) is 32.9 Å². The Morgan fingerprint density at radius 3 is 2.84 bits per heavy atom. The van der Waals surface area contributed by atoms with Crippen molar-refractivity contribution >= 4 is 27.7 Å². The molecule has 0 bridgehead atoms. The Morgan fingerprint density at radius 2 is 2.11 bits per heavy atom. The molecule has 1 aliphatic rings. The molecule has 1 N–H and O–H groups in total. The largest absolute Gasteiger partial charge is 0.454 e. The fourth-order valence-electron chi connectivity index (χ4n) is 1.89. The highest BCUT2D eigenvalue weighted by Gasteiger charge is 2.16. The maximum Gasteiger partial charge on any atom is 0.231 e. The molecule has 2 rings (SSSR count). The number of benzene rings is 1. The second-order valence-electron chi connectivity index (χ2n) is 4.56. The van der Waals surface area contributed by atoms with Crippen LogP contribution in [0.2, 0.25) is 0 Å². The van der Waals surface area contributed by atoms with Crippen LogP contribution in [0.5, 0.6) is 11.5 Å². The summed E-state index contributed by atoms with van der Waals surface area (Å²) in [6.45, 7) is 5.60. The molecule has 1 unspecified atom stereocenters. The molecule has 19 heavy (non-hydrogen) atoms. The Morgan fingerprint density at radius 1 is 1.37 bits per heavy atom. The SMILES string of the molecule is CCSCCC(C)NCc1cc2c(cc1Br)OCO2. The monoisotopic (exact) mass is 345 g/mol. The zero-order valence-electron chi connectivity index (χ0n) is 11.4. The molecule has 1 aromatic carbocycles. The second kappa shape index (κ2) is 7.41. The van der Waals surface area contributed by atoms with E-state index in [1.54, 1.807) is 0 Å². The first-order valence-electron chi connectivity index (χ1n) is 6.60. The van der Waals surface area contributed by atoms with Crippen LogP contribution in [-0.4, -0.2) is 24.3 Å². The predicted molar refractivity (Wildman–Crippen MR) is 84.2 cm³/mol. The molecular formula is C14H20BrNO2S. The van der Waals surface area contributed by atoms with Crippen LogP contribution < -0.4 is 14.8 Å². The highest BCUT2D eigenvalue weighted by molar-refractivity contribution is 9.10. The van der Waals surface area contributed by atoms with E-state index < -0.39 is 0 Å². The van der Waals surface area contributed by atoms with Gasteiger partial charge in [0.15, 0.2) is 11.5 Å². The van der Waals surface area contributed by atoms with Gasteiger partial charge in [-0.3, -0.25) is 0 Å². The number of nitrogens with one attached hydrogen (secondary N) is 1. The third-order valence-electron chi connectivity index (χ3n) is 3.08. The van der Waals surface area contributed by atoms with Crippen LogP contribution in [0.15, 0.2) is 16.6 Å². The number of hydrogen-bond acceptors (Lipinski definition) is 4. The summed E-state index contributed by atoms with van der Waals surface area (Å²) in [7, 11) is 0. The molecule has 0 aliphatic carbocycles. The minimum Gasteiger partial charge on any atom is -0.454 e. The molecule has 0 fully saturated rings. The summed E-state index contributed by atoms with van der Waals surface area (Å²) in [5, 5.41) is 3.55. The first-order valence-corrected chi connectivity index (χ1v) is 8.54. The van der Waals surface area contributed by atoms with Crippen LogP contribution in [0.25, 0.3) is 0 Å². The lowest BCUT2D eigenvalue weighted by Gasteiger charge is -2.14. The van der Waals surface area contributed by atoms with Crippen LogP contribution in [0.1, 0.15) is 25.8 Å². The van der Waals surface area contributed by atoms with E-state index >= 15 is 0 Å². The molecule has 0 aromatic heterocycles. The van der Waals surface area contributed by atoms with Crippen molar-refractivity contribution in [1.82, 2.24) is 5.32 Å². The Hall–Kier alpha value is -0.390. The summed E-state index contributed by atoms with van der Waals surface area (Å²) in [6.07, 6.45) is 1.20. The third kappa shape index (κ3) is 4.29. The molecule has 1 atom stereocenters. The lowest BCUT2D eigenvalue weighted by atomic mass is 10.2. The predicted octanol–water partition coefficient (Wildman–Crippen LogP) is 3.80. The summed E-state index contributed by atoms with van der Waals surface area (Å²) in [4.78, 5) is 0. The average Bonchev–Trinajstić information content (AvgIpc) is 2.83. The first-order chi connectivity index (χ1) is 9.20. The maximum atomic E-state index is 5.41. The second-order valence-corrected chi connectivity index (χ2v) is 6.81. The Balaban J connectivity index is 1.86. The fraction of sp³-hybridized carbons (Fsp3) is 0.571. The fourth-order valence-corrected chi connectivity index (χ4v) is 3.16. The third-order valence-corrected chi connectivity index (χ3v) is 4.75. The van der Waals surface area contributed by atoms with E-state index in [0.717, 1.165) is 22.5 Å². The molecule has 5 heteroatoms. The van der Waals surface area contributed by atoms with Gasteiger partial charge in [-0.15, -0.1) is 0 Å². The number of ether oxygens (including phenoxy) is 2. The molecule has 0 amide bonds. The summed E-state index contributed by atoms with van der Waals surface area (Å²) < 4.78 is 11.8. The van der Waals surface area contributed by atoms with Gasteiger partial charge in [0.1, 0.15) is 0 Å². The Kier molecular flexibility index (Phi) is 5.85. The van der Waals surface area contributed by atoms with Crippen LogP contribution in [0.4, 0.5) is 0 Å². The van der Waals surface area contributed by atoms with Crippen molar-refractivity contribution in [2.75, 3.05) is 18.3 Å². The van der Waals surface area contributed by atoms with Gasteiger partial charge < -0.3 is 14.8 Å². The molecule has 1 aromatic rings. The van der Waals surface area contributed by atoms with Gasteiger partial charge in [-0.1, -0.05) is 22.9 Å². The Bertz CT molecular complexity index is 428. The van der Waals surface area contributed by atoms with Crippen LogP contribution in [0.3, 0.4) is 0 Å². The molecule has 3 nitrogen and oxygen atoms in total. The highest BCUT2D eigenvalue weighted by Crippen LogP contribution is 2.36. The lowest BCUT2D eigenvalue weighted by molar-refractivity contribution is 0.174.